The Kier molecular flexibility index (Phi) is 5.20. The van der Waals surface area contributed by atoms with Crippen molar-refractivity contribution in [3.63, 3.8) is 0 Å². The largest absolute Gasteiger partial charge is 0.318 e. The first-order chi connectivity index (χ1) is 14.2. The Morgan fingerprint density at radius 3 is 2.67 bits per heavy atom. The van der Waals surface area contributed by atoms with Gasteiger partial charge in [0.1, 0.15) is 5.04 Å². The molecular weight excluding hydrogens is 418 g/mol. The molecule has 154 valence electrons. The van der Waals surface area contributed by atoms with Gasteiger partial charge < -0.3 is 4.57 Å². The summed E-state index contributed by atoms with van der Waals surface area (Å²) in [6, 6.07) is 7.82. The normalized spacial score (nSPS) is 17.7. The maximum absolute atomic E-state index is 12.7. The molecule has 1 aromatic heterocycles. The number of nitrogens with zero attached hydrogens (tertiary/aromatic N) is 4. The lowest BCUT2D eigenvalue weighted by Gasteiger charge is -2.20. The number of amidine groups is 2. The van der Waals surface area contributed by atoms with Crippen LogP contribution in [-0.2, 0) is 4.79 Å². The summed E-state index contributed by atoms with van der Waals surface area (Å²) in [6.07, 6.45) is 1.73. The Hall–Kier alpha value is -2.64. The van der Waals surface area contributed by atoms with E-state index in [1.807, 2.05) is 58.9 Å². The lowest BCUT2D eigenvalue weighted by Crippen LogP contribution is -2.35. The second-order valence-corrected chi connectivity index (χ2v) is 9.05. The number of hydrogen-bond acceptors (Lipinski definition) is 4. The summed E-state index contributed by atoms with van der Waals surface area (Å²) in [5.41, 5.74) is 5.05. The van der Waals surface area contributed by atoms with Crippen molar-refractivity contribution in [3.05, 3.63) is 57.4 Å². The summed E-state index contributed by atoms with van der Waals surface area (Å²) in [5.74, 6) is -0.155. The van der Waals surface area contributed by atoms with Crippen molar-refractivity contribution in [3.8, 4) is 5.69 Å². The Balaban J connectivity index is 1.77. The number of nitrogens with one attached hydrogen (secondary N) is 1. The van der Waals surface area contributed by atoms with Gasteiger partial charge in [-0.15, -0.1) is 0 Å². The fourth-order valence-corrected chi connectivity index (χ4v) is 4.60. The van der Waals surface area contributed by atoms with Gasteiger partial charge in [0.2, 0.25) is 5.17 Å². The second-order valence-electron chi connectivity index (χ2n) is 7.66. The molecule has 0 bridgehead atoms. The first-order valence-electron chi connectivity index (χ1n) is 9.63. The van der Waals surface area contributed by atoms with Crippen molar-refractivity contribution in [1.82, 2.24) is 9.58 Å². The molecule has 2 aliphatic heterocycles. The molecule has 0 aliphatic carbocycles. The maximum atomic E-state index is 12.7. The lowest BCUT2D eigenvalue weighted by atomic mass is 10.1. The first kappa shape index (κ1) is 20.6. The van der Waals surface area contributed by atoms with Gasteiger partial charge in [-0.05, 0) is 67.9 Å². The van der Waals surface area contributed by atoms with E-state index >= 15 is 0 Å². The topological polar surface area (TPSA) is 73.8 Å². The molecule has 0 unspecified atom stereocenters. The molecule has 1 aromatic carbocycles. The van der Waals surface area contributed by atoms with Crippen molar-refractivity contribution in [2.75, 3.05) is 0 Å². The summed E-state index contributed by atoms with van der Waals surface area (Å²) < 4.78 is 2.11. The monoisotopic (exact) mass is 439 g/mol. The Morgan fingerprint density at radius 2 is 1.97 bits per heavy atom. The summed E-state index contributed by atoms with van der Waals surface area (Å²) >= 11 is 7.67. The molecular formula is C22H22ClN5OS. The zero-order valence-corrected chi connectivity index (χ0v) is 19.0. The van der Waals surface area contributed by atoms with Gasteiger partial charge in [0.05, 0.1) is 5.57 Å². The van der Waals surface area contributed by atoms with Crippen molar-refractivity contribution >= 4 is 51.4 Å². The number of carbonyl (C=O) groups is 1. The predicted octanol–water partition coefficient (Wildman–Crippen LogP) is 5.33. The van der Waals surface area contributed by atoms with E-state index in [4.69, 9.17) is 17.0 Å². The molecule has 8 heteroatoms. The molecule has 1 amide bonds. The number of hydrogen-bond donors (Lipinski definition) is 1. The molecule has 30 heavy (non-hydrogen) atoms. The van der Waals surface area contributed by atoms with Crippen LogP contribution in [0.25, 0.3) is 11.8 Å². The SMILES string of the molecule is Cc1c(Cl)cccc1-n1c(C)cc(/C=C2\C(=N)N3N=C(C(C)C)SC3=NC2=O)c1C. The van der Waals surface area contributed by atoms with Gasteiger partial charge in [0, 0.05) is 28.0 Å². The fraction of sp³-hybridized carbons (Fsp3) is 0.273. The highest BCUT2D eigenvalue weighted by Crippen LogP contribution is 2.32. The number of carbonyl (C=O) groups excluding carboxylic acids is 1. The highest BCUT2D eigenvalue weighted by atomic mass is 35.5. The van der Waals surface area contributed by atoms with E-state index in [0.717, 1.165) is 33.2 Å². The number of thioether (sulfide) groups is 1. The summed E-state index contributed by atoms with van der Waals surface area (Å²) in [5, 5.41) is 16.5. The minimum atomic E-state index is -0.414. The van der Waals surface area contributed by atoms with E-state index in [2.05, 4.69) is 14.7 Å². The van der Waals surface area contributed by atoms with E-state index in [0.29, 0.717) is 10.2 Å². The van der Waals surface area contributed by atoms with Gasteiger partial charge in [-0.3, -0.25) is 10.2 Å². The van der Waals surface area contributed by atoms with Crippen molar-refractivity contribution in [2.45, 2.75) is 34.6 Å². The van der Waals surface area contributed by atoms with Crippen LogP contribution in [0.4, 0.5) is 0 Å². The van der Waals surface area contributed by atoms with Crippen molar-refractivity contribution in [1.29, 1.82) is 5.41 Å². The van der Waals surface area contributed by atoms with Crippen LogP contribution in [0, 0.1) is 32.1 Å². The predicted molar refractivity (Wildman–Crippen MR) is 125 cm³/mol. The van der Waals surface area contributed by atoms with Crippen LogP contribution < -0.4 is 0 Å². The van der Waals surface area contributed by atoms with E-state index in [1.165, 1.54) is 16.8 Å². The number of benzene rings is 1. The van der Waals surface area contributed by atoms with Crippen LogP contribution in [0.5, 0.6) is 0 Å². The molecule has 0 fully saturated rings. The second kappa shape index (κ2) is 7.56. The fourth-order valence-electron chi connectivity index (χ4n) is 3.54. The Labute approximate surface area is 184 Å². The van der Waals surface area contributed by atoms with Crippen molar-refractivity contribution < 1.29 is 4.79 Å². The van der Waals surface area contributed by atoms with E-state index in [1.54, 1.807) is 6.08 Å². The van der Waals surface area contributed by atoms with Crippen LogP contribution in [0.3, 0.4) is 0 Å². The summed E-state index contributed by atoms with van der Waals surface area (Å²) in [4.78, 5) is 16.9. The van der Waals surface area contributed by atoms with E-state index < -0.39 is 5.91 Å². The highest BCUT2D eigenvalue weighted by molar-refractivity contribution is 8.27. The number of rotatable bonds is 3. The van der Waals surface area contributed by atoms with Crippen molar-refractivity contribution in [2.24, 2.45) is 16.0 Å². The molecule has 6 nitrogen and oxygen atoms in total. The molecule has 0 saturated heterocycles. The average molecular weight is 440 g/mol. The van der Waals surface area contributed by atoms with Crippen LogP contribution in [0.2, 0.25) is 5.02 Å². The van der Waals surface area contributed by atoms with Gasteiger partial charge >= 0.3 is 0 Å². The number of aliphatic imine (C=N–C) groups is 1. The molecule has 2 aromatic rings. The Morgan fingerprint density at radius 1 is 1.23 bits per heavy atom. The third kappa shape index (κ3) is 3.32. The molecule has 3 heterocycles. The zero-order valence-electron chi connectivity index (χ0n) is 17.4. The third-order valence-corrected chi connectivity index (χ3v) is 6.83. The van der Waals surface area contributed by atoms with Crippen LogP contribution >= 0.6 is 23.4 Å². The smallest absolute Gasteiger partial charge is 0.283 e. The number of aromatic nitrogens is 1. The van der Waals surface area contributed by atoms with Crippen LogP contribution in [0.15, 0.2) is 39.9 Å². The quantitative estimate of drug-likeness (QED) is 0.656. The number of amides is 1. The zero-order chi connectivity index (χ0) is 21.7. The van der Waals surface area contributed by atoms with Crippen LogP contribution in [-0.4, -0.2) is 31.5 Å². The molecule has 0 radical (unpaired) electrons. The van der Waals surface area contributed by atoms with Gasteiger partial charge in [-0.25, -0.2) is 0 Å². The number of hydrazone groups is 1. The molecule has 0 spiro atoms. The molecule has 0 atom stereocenters. The first-order valence-corrected chi connectivity index (χ1v) is 10.8. The molecule has 4 rings (SSSR count). The summed E-state index contributed by atoms with van der Waals surface area (Å²) in [7, 11) is 0. The number of fused-ring (bicyclic) bond motifs is 1. The standard InChI is InChI=1S/C22H22ClN5OS/c1-11(2)21-26-28-19(24)16(20(29)25-22(28)30-21)10-15-9-12(3)27(14(15)5)18-8-6-7-17(23)13(18)4/h6-11,24H,1-5H3/b16-10+,24-19?. The molecule has 1 N–H and O–H groups in total. The maximum Gasteiger partial charge on any atom is 0.283 e. The van der Waals surface area contributed by atoms with Gasteiger partial charge in [0.15, 0.2) is 5.84 Å². The van der Waals surface area contributed by atoms with Crippen LogP contribution in [0.1, 0.15) is 36.4 Å². The Bertz CT molecular complexity index is 1190. The van der Waals surface area contributed by atoms with Gasteiger partial charge in [-0.1, -0.05) is 31.5 Å². The third-order valence-electron chi connectivity index (χ3n) is 5.21. The number of aryl methyl sites for hydroxylation is 1. The van der Waals surface area contributed by atoms with Gasteiger partial charge in [-0.2, -0.15) is 15.1 Å². The van der Waals surface area contributed by atoms with Gasteiger partial charge in [0.25, 0.3) is 5.91 Å². The summed E-state index contributed by atoms with van der Waals surface area (Å²) in [6.45, 7) is 10.0. The minimum absolute atomic E-state index is 0.0527. The number of halogens is 1. The minimum Gasteiger partial charge on any atom is -0.318 e. The lowest BCUT2D eigenvalue weighted by molar-refractivity contribution is -0.114. The molecule has 0 saturated carbocycles. The van der Waals surface area contributed by atoms with E-state index in [9.17, 15) is 4.79 Å². The molecule has 2 aliphatic rings. The average Bonchev–Trinajstić information content (AvgIpc) is 3.23. The highest BCUT2D eigenvalue weighted by Gasteiger charge is 2.36. The van der Waals surface area contributed by atoms with E-state index in [-0.39, 0.29) is 17.3 Å².